The first-order valence-corrected chi connectivity index (χ1v) is 8.42. The third-order valence-electron chi connectivity index (χ3n) is 2.86. The largest absolute Gasteiger partial charge is 0.481 e. The maximum atomic E-state index is 10.4. The minimum absolute atomic E-state index is 0.220. The van der Waals surface area contributed by atoms with Gasteiger partial charge in [0.1, 0.15) is 0 Å². The molecule has 0 aliphatic heterocycles. The number of nitrogens with zero attached hydrogens (tertiary/aromatic N) is 2. The third-order valence-corrected chi connectivity index (χ3v) is 3.81. The zero-order valence-electron chi connectivity index (χ0n) is 12.8. The number of hydrogen-bond acceptors (Lipinski definition) is 3. The van der Waals surface area contributed by atoms with Crippen LogP contribution in [0.25, 0.3) is 0 Å². The molecule has 0 amide bonds. The summed E-state index contributed by atoms with van der Waals surface area (Å²) in [4.78, 5) is 14.8. The Balaban J connectivity index is 3.85. The van der Waals surface area contributed by atoms with Gasteiger partial charge in [-0.3, -0.25) is 9.69 Å². The van der Waals surface area contributed by atoms with Crippen LogP contribution in [-0.4, -0.2) is 77.6 Å². The molecular weight excluding hydrogens is 276 g/mol. The van der Waals surface area contributed by atoms with Crippen LogP contribution in [0.1, 0.15) is 32.1 Å². The Labute approximate surface area is 126 Å². The number of carboxylic acid groups (broad SMARTS) is 1. The van der Waals surface area contributed by atoms with Crippen molar-refractivity contribution in [2.75, 3.05) is 46.1 Å². The van der Waals surface area contributed by atoms with Crippen LogP contribution < -0.4 is 0 Å². The van der Waals surface area contributed by atoms with Gasteiger partial charge in [-0.1, -0.05) is 6.42 Å². The van der Waals surface area contributed by atoms with E-state index in [0.29, 0.717) is 0 Å². The fourth-order valence-corrected chi connectivity index (χ4v) is 2.79. The number of aliphatic hydroxyl groups is 1. The highest BCUT2D eigenvalue weighted by Gasteiger charge is 2.02. The summed E-state index contributed by atoms with van der Waals surface area (Å²) in [5, 5.41) is 17.5. The van der Waals surface area contributed by atoms with Crippen molar-refractivity contribution in [3.8, 4) is 0 Å². The van der Waals surface area contributed by atoms with E-state index >= 15 is 0 Å². The number of thiol groups is 1. The van der Waals surface area contributed by atoms with Gasteiger partial charge >= 0.3 is 5.97 Å². The minimum Gasteiger partial charge on any atom is -0.481 e. The lowest BCUT2D eigenvalue weighted by molar-refractivity contribution is -0.137. The fraction of sp³-hybridized carbons (Fsp3) is 0.857. The van der Waals surface area contributed by atoms with Gasteiger partial charge < -0.3 is 15.1 Å². The highest BCUT2D eigenvalue weighted by atomic mass is 32.1. The first kappa shape index (κ1) is 19.6. The summed E-state index contributed by atoms with van der Waals surface area (Å²) in [7, 11) is 4.14. The summed E-state index contributed by atoms with van der Waals surface area (Å²) in [6.45, 7) is 3.13. The molecule has 0 aliphatic carbocycles. The maximum Gasteiger partial charge on any atom is 0.303 e. The average molecular weight is 306 g/mol. The van der Waals surface area contributed by atoms with Crippen molar-refractivity contribution in [2.24, 2.45) is 0 Å². The van der Waals surface area contributed by atoms with Gasteiger partial charge in [0.2, 0.25) is 0 Å². The molecule has 0 aromatic rings. The molecule has 0 spiro atoms. The zero-order valence-corrected chi connectivity index (χ0v) is 13.7. The standard InChI is InChI=1S/C14H30N2O3S/c1-15(2)10-12-20-13-16(9-6-11-17)8-5-3-4-7-14(18)19/h13,17,20H,3-12H2,1-2H3,(H,18,19). The molecule has 0 aliphatic rings. The topological polar surface area (TPSA) is 64.0 Å². The molecule has 5 nitrogen and oxygen atoms in total. The Morgan fingerprint density at radius 1 is 1.10 bits per heavy atom. The van der Waals surface area contributed by atoms with E-state index in [1.807, 2.05) is 0 Å². The van der Waals surface area contributed by atoms with E-state index in [4.69, 9.17) is 10.2 Å². The van der Waals surface area contributed by atoms with Crippen LogP contribution in [0.2, 0.25) is 0 Å². The lowest BCUT2D eigenvalue weighted by Crippen LogP contribution is -2.25. The second kappa shape index (κ2) is 13.5. The van der Waals surface area contributed by atoms with Crippen LogP contribution in [0.5, 0.6) is 0 Å². The van der Waals surface area contributed by atoms with Gasteiger partial charge in [0.15, 0.2) is 0 Å². The molecule has 0 aromatic carbocycles. The zero-order chi connectivity index (χ0) is 15.2. The molecule has 120 valence electrons. The van der Waals surface area contributed by atoms with Gasteiger partial charge in [-0.05, 0) is 39.1 Å². The van der Waals surface area contributed by atoms with E-state index in [2.05, 4.69) is 29.4 Å². The normalized spacial score (nSPS) is 12.2. The highest BCUT2D eigenvalue weighted by Crippen LogP contribution is 2.03. The second-order valence-electron chi connectivity index (χ2n) is 5.14. The third kappa shape index (κ3) is 14.0. The predicted molar refractivity (Wildman–Crippen MR) is 87.9 cm³/mol. The van der Waals surface area contributed by atoms with E-state index in [1.54, 1.807) is 0 Å². The molecule has 0 radical (unpaired) electrons. The molecule has 0 rings (SSSR count). The number of hydrogen-bond donors (Lipinski definition) is 3. The van der Waals surface area contributed by atoms with Gasteiger partial charge in [-0.25, -0.2) is 0 Å². The quantitative estimate of drug-likeness (QED) is 0.270. The van der Waals surface area contributed by atoms with Gasteiger partial charge in [0, 0.05) is 38.2 Å². The summed E-state index contributed by atoms with van der Waals surface area (Å²) in [5.74, 6) is 0.401. The Bertz CT molecular complexity index is 273. The van der Waals surface area contributed by atoms with E-state index in [0.717, 1.165) is 51.1 Å². The minimum atomic E-state index is -0.712. The highest BCUT2D eigenvalue weighted by molar-refractivity contribution is 7.97. The van der Waals surface area contributed by atoms with Crippen LogP contribution in [0, 0.1) is 0 Å². The fourth-order valence-electron chi connectivity index (χ4n) is 1.70. The Hall–Kier alpha value is -0.430. The number of unbranched alkanes of at least 4 members (excludes halogenated alkanes) is 2. The molecular formula is C14H30N2O3S. The van der Waals surface area contributed by atoms with E-state index in [9.17, 15) is 4.79 Å². The number of carbonyl (C=O) groups is 1. The molecule has 0 atom stereocenters. The van der Waals surface area contributed by atoms with Gasteiger partial charge in [-0.15, -0.1) is 0 Å². The van der Waals surface area contributed by atoms with Crippen molar-refractivity contribution in [3.63, 3.8) is 0 Å². The van der Waals surface area contributed by atoms with Crippen molar-refractivity contribution in [1.82, 2.24) is 9.80 Å². The molecule has 0 saturated carbocycles. The summed E-state index contributed by atoms with van der Waals surface area (Å²) in [6, 6.07) is 0. The molecule has 20 heavy (non-hydrogen) atoms. The summed E-state index contributed by atoms with van der Waals surface area (Å²) in [6.07, 6.45) is 3.76. The Morgan fingerprint density at radius 2 is 1.80 bits per heavy atom. The molecule has 0 heterocycles. The SMILES string of the molecule is CN(C)CC[SH]=CN(CCCO)CCCCCC(=O)O. The Morgan fingerprint density at radius 3 is 2.40 bits per heavy atom. The van der Waals surface area contributed by atoms with Crippen LogP contribution in [0.4, 0.5) is 0 Å². The van der Waals surface area contributed by atoms with Crippen LogP contribution in [0.15, 0.2) is 0 Å². The maximum absolute atomic E-state index is 10.4. The number of aliphatic hydroxyl groups excluding tert-OH is 1. The van der Waals surface area contributed by atoms with Crippen molar-refractivity contribution >= 4 is 22.8 Å². The summed E-state index contributed by atoms with van der Waals surface area (Å²) < 4.78 is 0. The number of aliphatic carboxylic acids is 1. The van der Waals surface area contributed by atoms with Crippen molar-refractivity contribution in [3.05, 3.63) is 0 Å². The van der Waals surface area contributed by atoms with Crippen molar-refractivity contribution in [2.45, 2.75) is 32.1 Å². The molecule has 0 aromatic heterocycles. The molecule has 0 saturated heterocycles. The van der Waals surface area contributed by atoms with Crippen LogP contribution >= 0.6 is 11.4 Å². The summed E-state index contributed by atoms with van der Waals surface area (Å²) >= 11 is 1.30. The predicted octanol–water partition coefficient (Wildman–Crippen LogP) is 1.10. The van der Waals surface area contributed by atoms with Crippen molar-refractivity contribution < 1.29 is 15.0 Å². The van der Waals surface area contributed by atoms with E-state index < -0.39 is 5.97 Å². The lowest BCUT2D eigenvalue weighted by Gasteiger charge is -2.17. The monoisotopic (exact) mass is 306 g/mol. The van der Waals surface area contributed by atoms with E-state index in [1.165, 1.54) is 11.4 Å². The lowest BCUT2D eigenvalue weighted by atomic mass is 10.2. The van der Waals surface area contributed by atoms with Crippen LogP contribution in [-0.2, 0) is 4.79 Å². The van der Waals surface area contributed by atoms with Gasteiger partial charge in [0.25, 0.3) is 0 Å². The smallest absolute Gasteiger partial charge is 0.303 e. The molecule has 0 unspecified atom stereocenters. The summed E-state index contributed by atoms with van der Waals surface area (Å²) in [5.41, 5.74) is 2.20. The molecule has 0 fully saturated rings. The number of carboxylic acids is 1. The van der Waals surface area contributed by atoms with Crippen LogP contribution in [0.3, 0.4) is 0 Å². The first-order valence-electron chi connectivity index (χ1n) is 7.27. The van der Waals surface area contributed by atoms with Gasteiger partial charge in [-0.2, -0.15) is 11.4 Å². The molecule has 6 heteroatoms. The van der Waals surface area contributed by atoms with Gasteiger partial charge in [0.05, 0.1) is 0 Å². The Kier molecular flexibility index (Phi) is 13.3. The van der Waals surface area contributed by atoms with Crippen molar-refractivity contribution in [1.29, 1.82) is 0 Å². The second-order valence-corrected chi connectivity index (χ2v) is 6.19. The average Bonchev–Trinajstić information content (AvgIpc) is 2.38. The number of rotatable bonds is 13. The molecule has 0 bridgehead atoms. The van der Waals surface area contributed by atoms with E-state index in [-0.39, 0.29) is 13.0 Å². The molecule has 2 N–H and O–H groups in total. The first-order chi connectivity index (χ1) is 9.56.